The first-order valence-corrected chi connectivity index (χ1v) is 10.9. The molecule has 0 radical (unpaired) electrons. The predicted molar refractivity (Wildman–Crippen MR) is 120 cm³/mol. The number of allylic oxidation sites excluding steroid dienone is 1. The number of halogens is 1. The number of methoxy groups -OCH3 is 1. The third-order valence-electron chi connectivity index (χ3n) is 5.17. The minimum absolute atomic E-state index is 0.0787. The molecule has 182 valence electrons. The van der Waals surface area contributed by atoms with Gasteiger partial charge in [0.2, 0.25) is 6.29 Å². The number of benzene rings is 2. The summed E-state index contributed by atoms with van der Waals surface area (Å²) in [6, 6.07) is 12.8. The lowest BCUT2D eigenvalue weighted by atomic mass is 9.92. The van der Waals surface area contributed by atoms with Crippen molar-refractivity contribution in [2.75, 3.05) is 33.5 Å². The van der Waals surface area contributed by atoms with E-state index in [1.165, 1.54) is 19.2 Å². The fourth-order valence-corrected chi connectivity index (χ4v) is 3.41. The molecule has 2 aromatic carbocycles. The quantitative estimate of drug-likeness (QED) is 0.382. The molecular weight excluding hydrogens is 445 g/mol. The number of ether oxygens (including phenoxy) is 4. The zero-order valence-electron chi connectivity index (χ0n) is 18.9. The molecule has 34 heavy (non-hydrogen) atoms. The second kappa shape index (κ2) is 12.8. The van der Waals surface area contributed by atoms with E-state index >= 15 is 0 Å². The average molecular weight is 473 g/mol. The van der Waals surface area contributed by atoms with E-state index in [1.807, 2.05) is 0 Å². The highest BCUT2D eigenvalue weighted by molar-refractivity contribution is 5.91. The van der Waals surface area contributed by atoms with Gasteiger partial charge in [-0.15, -0.1) is 0 Å². The van der Waals surface area contributed by atoms with Crippen molar-refractivity contribution in [3.63, 3.8) is 0 Å². The van der Waals surface area contributed by atoms with Gasteiger partial charge >= 0.3 is 5.97 Å². The van der Waals surface area contributed by atoms with E-state index in [0.717, 1.165) is 11.1 Å². The molecular formula is C25H28FNO7. The lowest BCUT2D eigenvalue weighted by molar-refractivity contribution is -0.151. The van der Waals surface area contributed by atoms with Crippen LogP contribution < -0.4 is 5.32 Å². The largest absolute Gasteiger partial charge is 0.465 e. The summed E-state index contributed by atoms with van der Waals surface area (Å²) in [5.74, 6) is -1.30. The van der Waals surface area contributed by atoms with Crippen molar-refractivity contribution < 1.29 is 38.0 Å². The second-order valence-corrected chi connectivity index (χ2v) is 7.55. The highest BCUT2D eigenvalue weighted by Crippen LogP contribution is 2.31. The Bertz CT molecular complexity index is 976. The summed E-state index contributed by atoms with van der Waals surface area (Å²) in [4.78, 5) is 24.5. The van der Waals surface area contributed by atoms with Gasteiger partial charge in [-0.1, -0.05) is 24.3 Å². The monoisotopic (exact) mass is 473 g/mol. The number of carbonyl (C=O) groups excluding carboxylic acids is 2. The number of nitrogens with one attached hydrogen (secondary N) is 1. The van der Waals surface area contributed by atoms with Crippen LogP contribution in [0.15, 0.2) is 60.4 Å². The summed E-state index contributed by atoms with van der Waals surface area (Å²) in [5, 5.41) is 11.6. The van der Waals surface area contributed by atoms with E-state index in [0.29, 0.717) is 12.0 Å². The molecule has 0 aliphatic carbocycles. The van der Waals surface area contributed by atoms with Crippen molar-refractivity contribution in [3.8, 4) is 0 Å². The number of carbonyl (C=O) groups is 2. The number of rotatable bonds is 11. The van der Waals surface area contributed by atoms with Gasteiger partial charge in [-0.3, -0.25) is 4.79 Å². The van der Waals surface area contributed by atoms with Crippen LogP contribution in [0.25, 0.3) is 0 Å². The SMILES string of the molecule is COC(=O)c1ccc(C2C=C(C(=O)NCc3ccc(F)cc3)OC(OCCOCCO)C2)cc1. The fraction of sp³-hybridized carbons (Fsp3) is 0.360. The Morgan fingerprint density at radius 1 is 1.09 bits per heavy atom. The predicted octanol–water partition coefficient (Wildman–Crippen LogP) is 2.67. The van der Waals surface area contributed by atoms with Crippen LogP contribution in [0.3, 0.4) is 0 Å². The van der Waals surface area contributed by atoms with E-state index in [-0.39, 0.29) is 50.5 Å². The maximum atomic E-state index is 13.1. The lowest BCUT2D eigenvalue weighted by Crippen LogP contribution is -2.33. The molecule has 2 N–H and O–H groups in total. The maximum Gasteiger partial charge on any atom is 0.337 e. The van der Waals surface area contributed by atoms with Gasteiger partial charge in [-0.05, 0) is 41.5 Å². The molecule has 0 bridgehead atoms. The minimum atomic E-state index is -0.695. The molecule has 1 aliphatic rings. The van der Waals surface area contributed by atoms with Gasteiger partial charge in [0.25, 0.3) is 5.91 Å². The molecule has 8 nitrogen and oxygen atoms in total. The van der Waals surface area contributed by atoms with E-state index in [2.05, 4.69) is 5.32 Å². The first-order valence-electron chi connectivity index (χ1n) is 10.9. The Morgan fingerprint density at radius 3 is 2.50 bits per heavy atom. The molecule has 0 spiro atoms. The fourth-order valence-electron chi connectivity index (χ4n) is 3.41. The summed E-state index contributed by atoms with van der Waals surface area (Å²) < 4.78 is 34.6. The molecule has 0 saturated heterocycles. The Hall–Kier alpha value is -3.27. The summed E-state index contributed by atoms with van der Waals surface area (Å²) in [6.07, 6.45) is 1.47. The number of hydrogen-bond donors (Lipinski definition) is 2. The van der Waals surface area contributed by atoms with Crippen LogP contribution in [0.2, 0.25) is 0 Å². The van der Waals surface area contributed by atoms with Crippen LogP contribution in [-0.2, 0) is 30.3 Å². The number of hydrogen-bond acceptors (Lipinski definition) is 7. The van der Waals surface area contributed by atoms with Gasteiger partial charge in [0.05, 0.1) is 39.1 Å². The second-order valence-electron chi connectivity index (χ2n) is 7.55. The molecule has 2 aromatic rings. The molecule has 0 fully saturated rings. The Labute approximate surface area is 197 Å². The van der Waals surface area contributed by atoms with Crippen LogP contribution in [0.5, 0.6) is 0 Å². The standard InChI is InChI=1S/C25H28FNO7/c1-31-25(30)19-6-4-18(5-7-19)20-14-22(34-23(15-20)33-13-12-32-11-10-28)24(29)27-16-17-2-8-21(26)9-3-17/h2-9,14,20,23,28H,10-13,15-16H2,1H3,(H,27,29). The van der Waals surface area contributed by atoms with Gasteiger partial charge in [0.1, 0.15) is 5.82 Å². The average Bonchev–Trinajstić information content (AvgIpc) is 2.87. The van der Waals surface area contributed by atoms with Crippen molar-refractivity contribution in [2.24, 2.45) is 0 Å². The van der Waals surface area contributed by atoms with E-state index < -0.39 is 18.2 Å². The summed E-state index contributed by atoms with van der Waals surface area (Å²) in [5.41, 5.74) is 2.05. The van der Waals surface area contributed by atoms with Crippen molar-refractivity contribution in [3.05, 3.63) is 82.9 Å². The molecule has 3 rings (SSSR count). The Kier molecular flexibility index (Phi) is 9.57. The third-order valence-corrected chi connectivity index (χ3v) is 5.17. The van der Waals surface area contributed by atoms with E-state index in [9.17, 15) is 14.0 Å². The molecule has 1 heterocycles. The molecule has 2 unspecified atom stereocenters. The number of aliphatic hydroxyl groups excluding tert-OH is 1. The van der Waals surface area contributed by atoms with Crippen LogP contribution in [0.4, 0.5) is 4.39 Å². The number of amides is 1. The third kappa shape index (κ3) is 7.38. The molecule has 1 amide bonds. The van der Waals surface area contributed by atoms with Crippen molar-refractivity contribution in [2.45, 2.75) is 25.2 Å². The topological polar surface area (TPSA) is 103 Å². The minimum Gasteiger partial charge on any atom is -0.465 e. The molecule has 0 saturated carbocycles. The Morgan fingerprint density at radius 2 is 1.82 bits per heavy atom. The molecule has 9 heteroatoms. The van der Waals surface area contributed by atoms with Crippen LogP contribution in [-0.4, -0.2) is 56.8 Å². The van der Waals surface area contributed by atoms with Gasteiger partial charge in [-0.2, -0.15) is 0 Å². The van der Waals surface area contributed by atoms with Gasteiger partial charge in [0, 0.05) is 18.9 Å². The van der Waals surface area contributed by atoms with Crippen molar-refractivity contribution in [1.29, 1.82) is 0 Å². The molecule has 0 aromatic heterocycles. The van der Waals surface area contributed by atoms with E-state index in [4.69, 9.17) is 24.1 Å². The summed E-state index contributed by atoms with van der Waals surface area (Å²) >= 11 is 0. The van der Waals surface area contributed by atoms with Gasteiger partial charge < -0.3 is 29.4 Å². The smallest absolute Gasteiger partial charge is 0.337 e. The van der Waals surface area contributed by atoms with Crippen LogP contribution in [0, 0.1) is 5.82 Å². The summed E-state index contributed by atoms with van der Waals surface area (Å²) in [7, 11) is 1.32. The van der Waals surface area contributed by atoms with E-state index in [1.54, 1.807) is 42.5 Å². The highest BCUT2D eigenvalue weighted by atomic mass is 19.1. The zero-order valence-corrected chi connectivity index (χ0v) is 18.9. The van der Waals surface area contributed by atoms with Crippen molar-refractivity contribution >= 4 is 11.9 Å². The van der Waals surface area contributed by atoms with Crippen LogP contribution in [0.1, 0.15) is 33.8 Å². The molecule has 1 aliphatic heterocycles. The lowest BCUT2D eigenvalue weighted by Gasteiger charge is -2.29. The zero-order chi connectivity index (χ0) is 24.3. The summed E-state index contributed by atoms with van der Waals surface area (Å²) in [6.45, 7) is 0.836. The van der Waals surface area contributed by atoms with Gasteiger partial charge in [0.15, 0.2) is 5.76 Å². The van der Waals surface area contributed by atoms with Crippen molar-refractivity contribution in [1.82, 2.24) is 5.32 Å². The highest BCUT2D eigenvalue weighted by Gasteiger charge is 2.29. The first-order chi connectivity index (χ1) is 16.5. The van der Waals surface area contributed by atoms with Crippen LogP contribution >= 0.6 is 0 Å². The Balaban J connectivity index is 1.70. The number of aliphatic hydroxyl groups is 1. The molecule has 2 atom stereocenters. The van der Waals surface area contributed by atoms with Gasteiger partial charge in [-0.25, -0.2) is 9.18 Å². The number of esters is 1. The first kappa shape index (κ1) is 25.4. The normalized spacial score (nSPS) is 17.4. The maximum absolute atomic E-state index is 13.1.